The molecular formula is C20H27O. The average molecular weight is 283 g/mol. The first kappa shape index (κ1) is 17.4. The van der Waals surface area contributed by atoms with Crippen molar-refractivity contribution in [1.82, 2.24) is 0 Å². The van der Waals surface area contributed by atoms with Gasteiger partial charge in [-0.15, -0.1) is 0 Å². The van der Waals surface area contributed by atoms with E-state index in [9.17, 15) is 4.79 Å². The Morgan fingerprint density at radius 2 is 1.90 bits per heavy atom. The third-order valence-corrected chi connectivity index (χ3v) is 4.06. The lowest BCUT2D eigenvalue weighted by Gasteiger charge is -2.32. The number of hydrogen-bond acceptors (Lipinski definition) is 1. The number of hydrogen-bond donors (Lipinski definition) is 0. The van der Waals surface area contributed by atoms with Gasteiger partial charge in [-0.2, -0.15) is 0 Å². The minimum Gasteiger partial charge on any atom is -0.286 e. The van der Waals surface area contributed by atoms with Gasteiger partial charge in [0, 0.05) is 0 Å². The predicted molar refractivity (Wildman–Crippen MR) is 91.8 cm³/mol. The van der Waals surface area contributed by atoms with Crippen molar-refractivity contribution in [3.63, 3.8) is 0 Å². The Labute approximate surface area is 129 Å². The average Bonchev–Trinajstić information content (AvgIpc) is 2.37. The molecular weight excluding hydrogens is 256 g/mol. The summed E-state index contributed by atoms with van der Waals surface area (Å²) < 4.78 is 0. The smallest absolute Gasteiger partial charge is 0.225 e. The van der Waals surface area contributed by atoms with Crippen LogP contribution in [0.1, 0.15) is 53.9 Å². The van der Waals surface area contributed by atoms with Gasteiger partial charge in [-0.25, -0.2) is 0 Å². The topological polar surface area (TPSA) is 17.1 Å². The molecule has 0 saturated heterocycles. The summed E-state index contributed by atoms with van der Waals surface area (Å²) in [6, 6.07) is 0. The fraction of sp³-hybridized carbons (Fsp3) is 0.450. The van der Waals surface area contributed by atoms with Crippen molar-refractivity contribution < 1.29 is 4.79 Å². The van der Waals surface area contributed by atoms with Gasteiger partial charge in [-0.1, -0.05) is 55.4 Å². The van der Waals surface area contributed by atoms with Crippen molar-refractivity contribution in [1.29, 1.82) is 0 Å². The molecule has 0 aromatic rings. The summed E-state index contributed by atoms with van der Waals surface area (Å²) in [4.78, 5) is 10.2. The molecule has 0 aliphatic heterocycles. The fourth-order valence-corrected chi connectivity index (χ4v) is 2.77. The van der Waals surface area contributed by atoms with Crippen molar-refractivity contribution in [3.8, 4) is 0 Å². The van der Waals surface area contributed by atoms with Gasteiger partial charge in [0.1, 0.15) is 0 Å². The third-order valence-electron chi connectivity index (χ3n) is 4.06. The molecule has 0 spiro atoms. The quantitative estimate of drug-likeness (QED) is 0.472. The van der Waals surface area contributed by atoms with E-state index in [1.54, 1.807) is 6.29 Å². The van der Waals surface area contributed by atoms with Crippen molar-refractivity contribution in [2.45, 2.75) is 53.9 Å². The van der Waals surface area contributed by atoms with Crippen molar-refractivity contribution >= 4 is 6.29 Å². The maximum atomic E-state index is 10.2. The van der Waals surface area contributed by atoms with Crippen LogP contribution in [-0.2, 0) is 4.79 Å². The van der Waals surface area contributed by atoms with Gasteiger partial charge in [-0.05, 0) is 62.7 Å². The van der Waals surface area contributed by atoms with E-state index in [0.29, 0.717) is 0 Å². The zero-order valence-electron chi connectivity index (χ0n) is 14.0. The molecule has 21 heavy (non-hydrogen) atoms. The lowest BCUT2D eigenvalue weighted by atomic mass is 9.72. The van der Waals surface area contributed by atoms with E-state index in [1.807, 2.05) is 19.1 Å². The summed E-state index contributed by atoms with van der Waals surface area (Å²) in [6.07, 6.45) is 17.4. The van der Waals surface area contributed by atoms with Gasteiger partial charge in [0.05, 0.1) is 0 Å². The number of rotatable bonds is 5. The van der Waals surface area contributed by atoms with Crippen LogP contribution in [0.3, 0.4) is 0 Å². The second-order valence-electron chi connectivity index (χ2n) is 6.54. The molecule has 0 amide bonds. The van der Waals surface area contributed by atoms with E-state index in [4.69, 9.17) is 0 Å². The summed E-state index contributed by atoms with van der Waals surface area (Å²) >= 11 is 0. The highest BCUT2D eigenvalue weighted by molar-refractivity contribution is 5.67. The Morgan fingerprint density at radius 3 is 2.52 bits per heavy atom. The molecule has 0 saturated carbocycles. The van der Waals surface area contributed by atoms with E-state index in [-0.39, 0.29) is 5.41 Å². The molecule has 0 aromatic heterocycles. The fourth-order valence-electron chi connectivity index (χ4n) is 2.77. The maximum absolute atomic E-state index is 10.2. The van der Waals surface area contributed by atoms with Crippen molar-refractivity contribution in [3.05, 3.63) is 58.7 Å². The Balaban J connectivity index is 2.80. The lowest BCUT2D eigenvalue weighted by molar-refractivity contribution is 0.377. The molecule has 0 heterocycles. The Hall–Kier alpha value is -1.63. The van der Waals surface area contributed by atoms with Crippen LogP contribution in [0.5, 0.6) is 0 Å². The third kappa shape index (κ3) is 5.71. The standard InChI is InChI=1S/C20H27O/c1-16(8-6-9-17(2)13-15-21)11-12-19-18(3)10-7-14-20(19,4)5/h6,8-9,11-13H,7,10,14H2,1-5H3. The molecule has 0 unspecified atom stereocenters. The van der Waals surface area contributed by atoms with Gasteiger partial charge in [0.15, 0.2) is 0 Å². The summed E-state index contributed by atoms with van der Waals surface area (Å²) in [5.41, 5.74) is 5.40. The molecule has 1 heteroatoms. The summed E-state index contributed by atoms with van der Waals surface area (Å²) in [5, 5.41) is 0. The SMILES string of the molecule is CC(C=CC=C(C)C=CC1=C(C)CCCC1(C)C)=C[C]=O. The van der Waals surface area contributed by atoms with E-state index in [2.05, 4.69) is 45.9 Å². The first-order valence-electron chi connectivity index (χ1n) is 7.64. The molecule has 0 N–H and O–H groups in total. The molecule has 1 rings (SSSR count). The predicted octanol–water partition coefficient (Wildman–Crippen LogP) is 5.63. The van der Waals surface area contributed by atoms with Gasteiger partial charge < -0.3 is 0 Å². The van der Waals surface area contributed by atoms with Crippen LogP contribution in [0.4, 0.5) is 0 Å². The Morgan fingerprint density at radius 1 is 1.19 bits per heavy atom. The first-order chi connectivity index (χ1) is 9.86. The summed E-state index contributed by atoms with van der Waals surface area (Å²) in [5.74, 6) is 0. The molecule has 1 aliphatic carbocycles. The van der Waals surface area contributed by atoms with Crippen LogP contribution >= 0.6 is 0 Å². The number of carbonyl (C=O) groups excluding carboxylic acids is 1. The van der Waals surface area contributed by atoms with Crippen LogP contribution in [0.25, 0.3) is 0 Å². The van der Waals surface area contributed by atoms with E-state index < -0.39 is 0 Å². The van der Waals surface area contributed by atoms with Crippen LogP contribution in [0, 0.1) is 5.41 Å². The molecule has 0 fully saturated rings. The molecule has 1 nitrogen and oxygen atoms in total. The van der Waals surface area contributed by atoms with Gasteiger partial charge in [-0.3, -0.25) is 4.79 Å². The second-order valence-corrected chi connectivity index (χ2v) is 6.54. The Kier molecular flexibility index (Phi) is 6.61. The minimum atomic E-state index is 0.286. The van der Waals surface area contributed by atoms with E-state index in [1.165, 1.54) is 42.1 Å². The highest BCUT2D eigenvalue weighted by atomic mass is 16.1. The highest BCUT2D eigenvalue weighted by Crippen LogP contribution is 2.40. The summed E-state index contributed by atoms with van der Waals surface area (Å²) in [7, 11) is 0. The van der Waals surface area contributed by atoms with Crippen molar-refractivity contribution in [2.24, 2.45) is 5.41 Å². The van der Waals surface area contributed by atoms with Crippen LogP contribution in [0.15, 0.2) is 58.7 Å². The normalized spacial score (nSPS) is 20.6. The summed E-state index contributed by atoms with van der Waals surface area (Å²) in [6.45, 7) is 10.9. The van der Waals surface area contributed by atoms with E-state index >= 15 is 0 Å². The second kappa shape index (κ2) is 7.97. The first-order valence-corrected chi connectivity index (χ1v) is 7.64. The van der Waals surface area contributed by atoms with Crippen LogP contribution in [0.2, 0.25) is 0 Å². The van der Waals surface area contributed by atoms with Gasteiger partial charge in [0.25, 0.3) is 0 Å². The zero-order valence-corrected chi connectivity index (χ0v) is 14.0. The zero-order chi connectivity index (χ0) is 15.9. The van der Waals surface area contributed by atoms with Crippen LogP contribution < -0.4 is 0 Å². The molecule has 1 aliphatic rings. The van der Waals surface area contributed by atoms with Crippen molar-refractivity contribution in [2.75, 3.05) is 0 Å². The molecule has 113 valence electrons. The maximum Gasteiger partial charge on any atom is 0.225 e. The molecule has 0 atom stereocenters. The largest absolute Gasteiger partial charge is 0.286 e. The molecule has 1 radical (unpaired) electrons. The minimum absolute atomic E-state index is 0.286. The lowest BCUT2D eigenvalue weighted by Crippen LogP contribution is -2.19. The van der Waals surface area contributed by atoms with Crippen LogP contribution in [-0.4, -0.2) is 6.29 Å². The number of allylic oxidation sites excluding steroid dienone is 10. The highest BCUT2D eigenvalue weighted by Gasteiger charge is 2.26. The van der Waals surface area contributed by atoms with Gasteiger partial charge in [0.2, 0.25) is 6.29 Å². The molecule has 0 aromatic carbocycles. The monoisotopic (exact) mass is 283 g/mol. The van der Waals surface area contributed by atoms with Gasteiger partial charge >= 0.3 is 0 Å². The van der Waals surface area contributed by atoms with E-state index in [0.717, 1.165) is 5.57 Å². The Bertz CT molecular complexity index is 522. The molecule has 0 bridgehead atoms.